The number of rotatable bonds is 6. The van der Waals surface area contributed by atoms with E-state index in [-0.39, 0.29) is 13.0 Å². The number of carboxylic acid groups (broad SMARTS) is 1. The monoisotopic (exact) mass is 432 g/mol. The fourth-order valence-corrected chi connectivity index (χ4v) is 3.54. The number of aliphatic hydroxyl groups is 2. The largest absolute Gasteiger partial charge is 0.465 e. The minimum atomic E-state index is -1.37. The fraction of sp³-hybridized carbons (Fsp3) is 0.524. The maximum Gasteiger partial charge on any atom is 0.405 e. The molecule has 1 aliphatic rings. The lowest BCUT2D eigenvalue weighted by atomic mass is 9.85. The standard InChI is InChI=1S/C21H28N4O6/c1-21(2,3)17(24-20(30)31)19(29)25-10-14(27)8-16(25)18(28)23-15(11-26)13-6-4-12(9-22)5-7-13/h4-7,14-17,24,26-27H,8,10-11H2,1-3H3,(H,23,28)(H,30,31)/t14-,15?,16+,17?/m1/s1. The van der Waals surface area contributed by atoms with Gasteiger partial charge in [0.1, 0.15) is 12.1 Å². The Labute approximate surface area is 180 Å². The van der Waals surface area contributed by atoms with Crippen LogP contribution in [0.25, 0.3) is 0 Å². The number of carbonyl (C=O) groups excluding carboxylic acids is 2. The van der Waals surface area contributed by atoms with Crippen LogP contribution in [0, 0.1) is 16.7 Å². The molecule has 0 radical (unpaired) electrons. The summed E-state index contributed by atoms with van der Waals surface area (Å²) in [5, 5.41) is 42.7. The summed E-state index contributed by atoms with van der Waals surface area (Å²) in [6, 6.07) is 5.42. The summed E-state index contributed by atoms with van der Waals surface area (Å²) in [5.41, 5.74) is 0.244. The van der Waals surface area contributed by atoms with Gasteiger partial charge in [0, 0.05) is 13.0 Å². The van der Waals surface area contributed by atoms with E-state index in [4.69, 9.17) is 10.4 Å². The van der Waals surface area contributed by atoms with Crippen LogP contribution in [-0.2, 0) is 9.59 Å². The second kappa shape index (κ2) is 9.76. The number of nitriles is 1. The molecule has 3 amide bonds. The van der Waals surface area contributed by atoms with Crippen molar-refractivity contribution in [1.82, 2.24) is 15.5 Å². The lowest BCUT2D eigenvalue weighted by Crippen LogP contribution is -2.57. The Bertz CT molecular complexity index is 858. The molecule has 0 saturated carbocycles. The summed E-state index contributed by atoms with van der Waals surface area (Å²) in [4.78, 5) is 38.4. The molecule has 1 fully saturated rings. The van der Waals surface area contributed by atoms with Crippen LogP contribution in [0.3, 0.4) is 0 Å². The zero-order valence-corrected chi connectivity index (χ0v) is 17.7. The number of carbonyl (C=O) groups is 3. The summed E-state index contributed by atoms with van der Waals surface area (Å²) < 4.78 is 0. The second-order valence-electron chi connectivity index (χ2n) is 8.62. The summed E-state index contributed by atoms with van der Waals surface area (Å²) in [5.74, 6) is -1.18. The van der Waals surface area contributed by atoms with Gasteiger partial charge in [-0.05, 0) is 23.1 Å². The quantitative estimate of drug-likeness (QED) is 0.433. The highest BCUT2D eigenvalue weighted by atomic mass is 16.4. The van der Waals surface area contributed by atoms with Crippen LogP contribution in [0.1, 0.15) is 44.4 Å². The van der Waals surface area contributed by atoms with E-state index in [1.807, 2.05) is 6.07 Å². The number of β-amino-alcohol motifs (C(OH)–C–C–N with tert-alkyl or cyclic N) is 1. The molecule has 0 bridgehead atoms. The lowest BCUT2D eigenvalue weighted by molar-refractivity contribution is -0.142. The van der Waals surface area contributed by atoms with E-state index in [2.05, 4.69) is 10.6 Å². The van der Waals surface area contributed by atoms with Crippen molar-refractivity contribution in [1.29, 1.82) is 5.26 Å². The third-order valence-electron chi connectivity index (χ3n) is 5.19. The predicted octanol–water partition coefficient (Wildman–Crippen LogP) is 0.352. The van der Waals surface area contributed by atoms with Gasteiger partial charge in [-0.1, -0.05) is 32.9 Å². The number of benzene rings is 1. The lowest BCUT2D eigenvalue weighted by Gasteiger charge is -2.35. The second-order valence-corrected chi connectivity index (χ2v) is 8.62. The first-order chi connectivity index (χ1) is 14.5. The van der Waals surface area contributed by atoms with E-state index in [9.17, 15) is 24.6 Å². The Kier molecular flexibility index (Phi) is 7.60. The Morgan fingerprint density at radius 1 is 1.23 bits per heavy atom. The number of hydrogen-bond acceptors (Lipinski definition) is 6. The topological polar surface area (TPSA) is 163 Å². The van der Waals surface area contributed by atoms with E-state index < -0.39 is 54.2 Å². The van der Waals surface area contributed by atoms with Gasteiger partial charge in [-0.2, -0.15) is 5.26 Å². The first-order valence-electron chi connectivity index (χ1n) is 9.87. The molecule has 1 aliphatic heterocycles. The maximum atomic E-state index is 13.1. The molecule has 1 aromatic rings. The summed E-state index contributed by atoms with van der Waals surface area (Å²) in [6.45, 7) is 4.57. The van der Waals surface area contributed by atoms with Crippen LogP contribution in [0.15, 0.2) is 24.3 Å². The zero-order valence-electron chi connectivity index (χ0n) is 17.7. The molecule has 5 N–H and O–H groups in total. The van der Waals surface area contributed by atoms with Crippen molar-refractivity contribution in [3.05, 3.63) is 35.4 Å². The molecular formula is C21H28N4O6. The Hall–Kier alpha value is -3.16. The Morgan fingerprint density at radius 2 is 1.84 bits per heavy atom. The third kappa shape index (κ3) is 5.93. The SMILES string of the molecule is CC(C)(C)C(NC(=O)O)C(=O)N1C[C@H](O)C[C@H]1C(=O)NC(CO)c1ccc(C#N)cc1. The van der Waals surface area contributed by atoms with Crippen LogP contribution in [0.2, 0.25) is 0 Å². The van der Waals surface area contributed by atoms with Gasteiger partial charge in [-0.15, -0.1) is 0 Å². The van der Waals surface area contributed by atoms with Gasteiger partial charge in [0.15, 0.2) is 0 Å². The highest BCUT2D eigenvalue weighted by Crippen LogP contribution is 2.26. The molecule has 2 unspecified atom stereocenters. The van der Waals surface area contributed by atoms with Crippen molar-refractivity contribution in [2.75, 3.05) is 13.2 Å². The average molecular weight is 432 g/mol. The van der Waals surface area contributed by atoms with Gasteiger partial charge >= 0.3 is 6.09 Å². The van der Waals surface area contributed by atoms with Gasteiger partial charge < -0.3 is 30.9 Å². The highest BCUT2D eigenvalue weighted by molar-refractivity contribution is 5.92. The number of nitrogens with one attached hydrogen (secondary N) is 2. The molecule has 10 heteroatoms. The normalized spacial score (nSPS) is 20.5. The molecule has 1 aromatic carbocycles. The molecule has 2 rings (SSSR count). The molecule has 1 heterocycles. The van der Waals surface area contributed by atoms with Crippen LogP contribution in [0.5, 0.6) is 0 Å². The molecule has 0 aliphatic carbocycles. The average Bonchev–Trinajstić information content (AvgIpc) is 3.10. The number of aliphatic hydroxyl groups excluding tert-OH is 2. The summed E-state index contributed by atoms with van der Waals surface area (Å²) >= 11 is 0. The van der Waals surface area contributed by atoms with Gasteiger partial charge in [-0.25, -0.2) is 4.79 Å². The van der Waals surface area contributed by atoms with E-state index in [0.29, 0.717) is 11.1 Å². The zero-order chi connectivity index (χ0) is 23.3. The third-order valence-corrected chi connectivity index (χ3v) is 5.19. The van der Waals surface area contributed by atoms with Crippen molar-refractivity contribution >= 4 is 17.9 Å². The highest BCUT2D eigenvalue weighted by Gasteiger charge is 2.44. The van der Waals surface area contributed by atoms with Crippen molar-refractivity contribution in [2.45, 2.75) is 51.4 Å². The van der Waals surface area contributed by atoms with Gasteiger partial charge in [-0.3, -0.25) is 9.59 Å². The van der Waals surface area contributed by atoms with E-state index in [1.165, 1.54) is 4.90 Å². The fourth-order valence-electron chi connectivity index (χ4n) is 3.54. The van der Waals surface area contributed by atoms with E-state index in [0.717, 1.165) is 0 Å². The minimum absolute atomic E-state index is 0.00692. The number of hydrogen-bond donors (Lipinski definition) is 5. The first-order valence-corrected chi connectivity index (χ1v) is 9.87. The van der Waals surface area contributed by atoms with Crippen molar-refractivity contribution in [3.8, 4) is 6.07 Å². The van der Waals surface area contributed by atoms with Gasteiger partial charge in [0.2, 0.25) is 11.8 Å². The molecule has 1 saturated heterocycles. The molecule has 168 valence electrons. The van der Waals surface area contributed by atoms with Crippen molar-refractivity contribution in [2.24, 2.45) is 5.41 Å². The van der Waals surface area contributed by atoms with Gasteiger partial charge in [0.25, 0.3) is 0 Å². The molecule has 31 heavy (non-hydrogen) atoms. The molecule has 4 atom stereocenters. The number of nitrogens with zero attached hydrogens (tertiary/aromatic N) is 2. The number of likely N-dealkylation sites (tertiary alicyclic amines) is 1. The molecule has 10 nitrogen and oxygen atoms in total. The Balaban J connectivity index is 2.21. The smallest absolute Gasteiger partial charge is 0.405 e. The molecular weight excluding hydrogens is 404 g/mol. The van der Waals surface area contributed by atoms with Gasteiger partial charge in [0.05, 0.1) is 30.4 Å². The van der Waals surface area contributed by atoms with Crippen LogP contribution >= 0.6 is 0 Å². The number of amides is 3. The van der Waals surface area contributed by atoms with E-state index >= 15 is 0 Å². The Morgan fingerprint density at radius 3 is 2.32 bits per heavy atom. The van der Waals surface area contributed by atoms with Crippen molar-refractivity contribution in [3.63, 3.8) is 0 Å². The molecule has 0 aromatic heterocycles. The van der Waals surface area contributed by atoms with Crippen LogP contribution in [0.4, 0.5) is 4.79 Å². The van der Waals surface area contributed by atoms with Crippen molar-refractivity contribution < 1.29 is 29.7 Å². The maximum absolute atomic E-state index is 13.1. The van der Waals surface area contributed by atoms with Crippen LogP contribution in [-0.4, -0.2) is 69.5 Å². The minimum Gasteiger partial charge on any atom is -0.465 e. The predicted molar refractivity (Wildman–Crippen MR) is 110 cm³/mol. The van der Waals surface area contributed by atoms with E-state index in [1.54, 1.807) is 45.0 Å². The summed E-state index contributed by atoms with van der Waals surface area (Å²) in [7, 11) is 0. The molecule has 0 spiro atoms. The summed E-state index contributed by atoms with van der Waals surface area (Å²) in [6.07, 6.45) is -2.31. The first kappa shape index (κ1) is 24.1. The van der Waals surface area contributed by atoms with Crippen LogP contribution < -0.4 is 10.6 Å².